The highest BCUT2D eigenvalue weighted by Crippen LogP contribution is 2.24. The van der Waals surface area contributed by atoms with Crippen LogP contribution in [-0.2, 0) is 10.0 Å². The number of nitrogens with zero attached hydrogens (tertiary/aromatic N) is 1. The van der Waals surface area contributed by atoms with Crippen molar-refractivity contribution in [3.8, 4) is 0 Å². The maximum absolute atomic E-state index is 11.1. The molecule has 0 radical (unpaired) electrons. The molecule has 0 aromatic heterocycles. The highest BCUT2D eigenvalue weighted by atomic mass is 32.2. The summed E-state index contributed by atoms with van der Waals surface area (Å²) in [6.07, 6.45) is 3.61. The summed E-state index contributed by atoms with van der Waals surface area (Å²) < 4.78 is 24.7. The summed E-state index contributed by atoms with van der Waals surface area (Å²) in [6.45, 7) is 4.45. The lowest BCUT2D eigenvalue weighted by Crippen LogP contribution is -2.32. The van der Waals surface area contributed by atoms with Crippen molar-refractivity contribution in [1.82, 2.24) is 0 Å². The first-order valence-corrected chi connectivity index (χ1v) is 8.16. The molecule has 1 fully saturated rings. The number of sulfonamides is 1. The molecule has 1 aromatic rings. The molecule has 1 aliphatic heterocycles. The van der Waals surface area contributed by atoms with E-state index in [4.69, 9.17) is 0 Å². The Bertz CT molecular complexity index is 488. The largest absolute Gasteiger partial charge is 0.372 e. The van der Waals surface area contributed by atoms with Crippen LogP contribution in [0.2, 0.25) is 0 Å². The van der Waals surface area contributed by atoms with Gasteiger partial charge in [-0.3, -0.25) is 4.72 Å². The van der Waals surface area contributed by atoms with Crippen molar-refractivity contribution in [3.05, 3.63) is 24.3 Å². The number of rotatable bonds is 3. The van der Waals surface area contributed by atoms with E-state index in [9.17, 15) is 8.42 Å². The quantitative estimate of drug-likeness (QED) is 0.915. The molecule has 0 spiro atoms. The zero-order chi connectivity index (χ0) is 13.2. The molecule has 18 heavy (non-hydrogen) atoms. The Labute approximate surface area is 109 Å². The Morgan fingerprint density at radius 2 is 1.72 bits per heavy atom. The van der Waals surface area contributed by atoms with Gasteiger partial charge >= 0.3 is 0 Å². The molecule has 1 aromatic carbocycles. The van der Waals surface area contributed by atoms with E-state index >= 15 is 0 Å². The third kappa shape index (κ3) is 3.63. The summed E-state index contributed by atoms with van der Waals surface area (Å²) in [6, 6.07) is 7.58. The first-order chi connectivity index (χ1) is 8.44. The monoisotopic (exact) mass is 268 g/mol. The summed E-state index contributed by atoms with van der Waals surface area (Å²) in [7, 11) is -3.19. The molecule has 4 nitrogen and oxygen atoms in total. The number of piperidine rings is 1. The minimum Gasteiger partial charge on any atom is -0.372 e. The number of nitrogens with one attached hydrogen (secondary N) is 1. The van der Waals surface area contributed by atoms with E-state index in [1.54, 1.807) is 0 Å². The van der Waals surface area contributed by atoms with E-state index in [2.05, 4.69) is 16.5 Å². The minimum absolute atomic E-state index is 0.617. The van der Waals surface area contributed by atoms with Crippen molar-refractivity contribution in [2.45, 2.75) is 19.8 Å². The fourth-order valence-electron chi connectivity index (χ4n) is 2.22. The first-order valence-electron chi connectivity index (χ1n) is 6.27. The van der Waals surface area contributed by atoms with Crippen LogP contribution in [0.4, 0.5) is 11.4 Å². The van der Waals surface area contributed by atoms with Gasteiger partial charge in [-0.1, -0.05) is 6.92 Å². The van der Waals surface area contributed by atoms with Crippen molar-refractivity contribution in [3.63, 3.8) is 0 Å². The van der Waals surface area contributed by atoms with Crippen LogP contribution in [0.25, 0.3) is 0 Å². The average molecular weight is 268 g/mol. The van der Waals surface area contributed by atoms with Gasteiger partial charge in [0.2, 0.25) is 10.0 Å². The SMILES string of the molecule is CC1CCN(c2ccc(NS(C)(=O)=O)cc2)CC1. The van der Waals surface area contributed by atoms with Crippen LogP contribution >= 0.6 is 0 Å². The second-order valence-electron chi connectivity index (χ2n) is 5.09. The van der Waals surface area contributed by atoms with E-state index in [0.717, 1.165) is 25.3 Å². The second kappa shape index (κ2) is 5.18. The van der Waals surface area contributed by atoms with Crippen molar-refractivity contribution in [2.24, 2.45) is 5.92 Å². The molecule has 100 valence electrons. The Hall–Kier alpha value is -1.23. The predicted molar refractivity (Wildman–Crippen MR) is 75.5 cm³/mol. The van der Waals surface area contributed by atoms with Crippen LogP contribution < -0.4 is 9.62 Å². The van der Waals surface area contributed by atoms with E-state index in [1.165, 1.54) is 18.5 Å². The molecule has 5 heteroatoms. The van der Waals surface area contributed by atoms with Gasteiger partial charge in [0.15, 0.2) is 0 Å². The lowest BCUT2D eigenvalue weighted by atomic mass is 9.99. The van der Waals surface area contributed by atoms with Crippen LogP contribution in [0.3, 0.4) is 0 Å². The summed E-state index contributed by atoms with van der Waals surface area (Å²) in [4.78, 5) is 2.35. The topological polar surface area (TPSA) is 49.4 Å². The van der Waals surface area contributed by atoms with Crippen molar-refractivity contribution >= 4 is 21.4 Å². The van der Waals surface area contributed by atoms with E-state index in [-0.39, 0.29) is 0 Å². The van der Waals surface area contributed by atoms with Crippen LogP contribution in [0.1, 0.15) is 19.8 Å². The third-order valence-corrected chi connectivity index (χ3v) is 3.93. The zero-order valence-corrected chi connectivity index (χ0v) is 11.7. The van der Waals surface area contributed by atoms with Gasteiger partial charge in [0.1, 0.15) is 0 Å². The highest BCUT2D eigenvalue weighted by molar-refractivity contribution is 7.92. The predicted octanol–water partition coefficient (Wildman–Crippen LogP) is 2.29. The van der Waals surface area contributed by atoms with Crippen molar-refractivity contribution in [1.29, 1.82) is 0 Å². The Balaban J connectivity index is 2.03. The average Bonchev–Trinajstić information content (AvgIpc) is 2.29. The number of hydrogen-bond acceptors (Lipinski definition) is 3. The van der Waals surface area contributed by atoms with Crippen LogP contribution in [0.5, 0.6) is 0 Å². The van der Waals surface area contributed by atoms with Crippen LogP contribution in [-0.4, -0.2) is 27.8 Å². The highest BCUT2D eigenvalue weighted by Gasteiger charge is 2.15. The van der Waals surface area contributed by atoms with Crippen molar-refractivity contribution in [2.75, 3.05) is 29.0 Å². The lowest BCUT2D eigenvalue weighted by Gasteiger charge is -2.32. The number of hydrogen-bond donors (Lipinski definition) is 1. The molecule has 0 saturated carbocycles. The number of benzene rings is 1. The maximum atomic E-state index is 11.1. The smallest absolute Gasteiger partial charge is 0.229 e. The summed E-state index contributed by atoms with van der Waals surface area (Å²) in [5.41, 5.74) is 1.78. The maximum Gasteiger partial charge on any atom is 0.229 e. The Kier molecular flexibility index (Phi) is 3.80. The molecule has 1 aliphatic rings. The fraction of sp³-hybridized carbons (Fsp3) is 0.538. The molecule has 0 atom stereocenters. The molecular formula is C13H20N2O2S. The van der Waals surface area contributed by atoms with Gasteiger partial charge in [0, 0.05) is 24.5 Å². The normalized spacial score (nSPS) is 17.8. The first kappa shape index (κ1) is 13.2. The van der Waals surface area contributed by atoms with Gasteiger partial charge in [-0.05, 0) is 43.0 Å². The van der Waals surface area contributed by atoms with Gasteiger partial charge in [-0.15, -0.1) is 0 Å². The molecule has 0 amide bonds. The molecule has 0 bridgehead atoms. The van der Waals surface area contributed by atoms with Crippen molar-refractivity contribution < 1.29 is 8.42 Å². The Morgan fingerprint density at radius 3 is 2.22 bits per heavy atom. The Morgan fingerprint density at radius 1 is 1.17 bits per heavy atom. The minimum atomic E-state index is -3.19. The van der Waals surface area contributed by atoms with Gasteiger partial charge in [-0.2, -0.15) is 0 Å². The van der Waals surface area contributed by atoms with E-state index in [1.807, 2.05) is 24.3 Å². The summed E-state index contributed by atoms with van der Waals surface area (Å²) >= 11 is 0. The molecule has 0 aliphatic carbocycles. The second-order valence-corrected chi connectivity index (χ2v) is 6.84. The van der Waals surface area contributed by atoms with Gasteiger partial charge in [-0.25, -0.2) is 8.42 Å². The fourth-order valence-corrected chi connectivity index (χ4v) is 2.79. The summed E-state index contributed by atoms with van der Waals surface area (Å²) in [5, 5.41) is 0. The van der Waals surface area contributed by atoms with Gasteiger partial charge < -0.3 is 4.90 Å². The van der Waals surface area contributed by atoms with E-state index < -0.39 is 10.0 Å². The van der Waals surface area contributed by atoms with E-state index in [0.29, 0.717) is 5.69 Å². The zero-order valence-electron chi connectivity index (χ0n) is 10.9. The molecule has 1 heterocycles. The van der Waals surface area contributed by atoms with Crippen LogP contribution in [0, 0.1) is 5.92 Å². The van der Waals surface area contributed by atoms with Crippen LogP contribution in [0.15, 0.2) is 24.3 Å². The molecule has 1 saturated heterocycles. The molecule has 2 rings (SSSR count). The van der Waals surface area contributed by atoms with Gasteiger partial charge in [0.25, 0.3) is 0 Å². The third-order valence-electron chi connectivity index (χ3n) is 3.32. The molecule has 0 unspecified atom stereocenters. The summed E-state index contributed by atoms with van der Waals surface area (Å²) in [5.74, 6) is 0.812. The molecule has 1 N–H and O–H groups in total. The molecular weight excluding hydrogens is 248 g/mol. The lowest BCUT2D eigenvalue weighted by molar-refractivity contribution is 0.438. The standard InChI is InChI=1S/C13H20N2O2S/c1-11-7-9-15(10-8-11)13-5-3-12(4-6-13)14-18(2,16)17/h3-6,11,14H,7-10H2,1-2H3. The number of anilines is 2. The van der Waals surface area contributed by atoms with Gasteiger partial charge in [0.05, 0.1) is 6.26 Å².